The predicted octanol–water partition coefficient (Wildman–Crippen LogP) is 1.38. The van der Waals surface area contributed by atoms with Gasteiger partial charge in [-0.3, -0.25) is 10.1 Å². The van der Waals surface area contributed by atoms with Crippen LogP contribution >= 0.6 is 0 Å². The topological polar surface area (TPSA) is 90.4 Å². The van der Waals surface area contributed by atoms with E-state index < -0.39 is 4.92 Å². The minimum Gasteiger partial charge on any atom is -0.393 e. The van der Waals surface area contributed by atoms with Gasteiger partial charge in [0.25, 0.3) is 5.69 Å². The normalized spacial score (nSPS) is 19.6. The van der Waals surface area contributed by atoms with Crippen LogP contribution in [0.2, 0.25) is 0 Å². The number of rotatable bonds is 3. The predicted molar refractivity (Wildman–Crippen MR) is 60.4 cm³/mol. The molecule has 0 spiro atoms. The first-order valence-corrected chi connectivity index (χ1v) is 5.05. The van der Waals surface area contributed by atoms with E-state index in [4.69, 9.17) is 10.5 Å². The summed E-state index contributed by atoms with van der Waals surface area (Å²) in [5, 5.41) is 13.8. The molecule has 1 aromatic rings. The second-order valence-electron chi connectivity index (χ2n) is 3.74. The molecule has 1 heterocycles. The molecule has 1 aliphatic heterocycles. The maximum Gasteiger partial charge on any atom is 0.292 e. The largest absolute Gasteiger partial charge is 0.393 e. The fourth-order valence-electron chi connectivity index (χ4n) is 1.69. The fraction of sp³-hybridized carbons (Fsp3) is 0.400. The van der Waals surface area contributed by atoms with Crippen LogP contribution < -0.4 is 11.1 Å². The minimum atomic E-state index is -0.488. The molecule has 1 aliphatic rings. The first kappa shape index (κ1) is 10.7. The van der Waals surface area contributed by atoms with E-state index in [2.05, 4.69) is 5.32 Å². The molecule has 0 radical (unpaired) electrons. The van der Waals surface area contributed by atoms with Crippen LogP contribution in [0.4, 0.5) is 17.1 Å². The Kier molecular flexibility index (Phi) is 2.91. The van der Waals surface area contributed by atoms with E-state index in [-0.39, 0.29) is 17.4 Å². The molecule has 1 saturated heterocycles. The molecule has 86 valence electrons. The molecule has 6 heteroatoms. The Labute approximate surface area is 92.5 Å². The van der Waals surface area contributed by atoms with Gasteiger partial charge in [-0.15, -0.1) is 0 Å². The zero-order chi connectivity index (χ0) is 11.5. The van der Waals surface area contributed by atoms with Crippen molar-refractivity contribution < 1.29 is 9.66 Å². The maximum atomic E-state index is 10.6. The van der Waals surface area contributed by atoms with E-state index in [0.29, 0.717) is 6.61 Å². The van der Waals surface area contributed by atoms with Gasteiger partial charge in [0.1, 0.15) is 5.69 Å². The van der Waals surface area contributed by atoms with E-state index in [9.17, 15) is 10.1 Å². The Bertz CT molecular complexity index is 402. The lowest BCUT2D eigenvalue weighted by atomic mass is 10.2. The number of nitrogen functional groups attached to an aromatic ring is 1. The lowest BCUT2D eigenvalue weighted by Crippen LogP contribution is -2.18. The van der Waals surface area contributed by atoms with Crippen molar-refractivity contribution in [2.75, 3.05) is 24.3 Å². The number of ether oxygens (including phenoxy) is 1. The minimum absolute atomic E-state index is 0.0618. The standard InChI is InChI=1S/C10H13N3O3/c11-9-5-7(1-2-10(9)13(14)15)12-8-3-4-16-6-8/h1-2,5,8,12H,3-4,6,11H2. The first-order chi connectivity index (χ1) is 7.66. The molecule has 0 aliphatic carbocycles. The van der Waals surface area contributed by atoms with Gasteiger partial charge in [0.05, 0.1) is 17.6 Å². The van der Waals surface area contributed by atoms with Gasteiger partial charge in [-0.25, -0.2) is 0 Å². The van der Waals surface area contributed by atoms with Crippen LogP contribution in [-0.4, -0.2) is 24.2 Å². The molecule has 1 fully saturated rings. The van der Waals surface area contributed by atoms with Gasteiger partial charge < -0.3 is 15.8 Å². The summed E-state index contributed by atoms with van der Waals surface area (Å²) in [5.41, 5.74) is 6.49. The Hall–Kier alpha value is -1.82. The summed E-state index contributed by atoms with van der Waals surface area (Å²) in [6, 6.07) is 4.91. The van der Waals surface area contributed by atoms with Gasteiger partial charge in [0.2, 0.25) is 0 Å². The highest BCUT2D eigenvalue weighted by Gasteiger charge is 2.16. The molecule has 0 amide bonds. The zero-order valence-corrected chi connectivity index (χ0v) is 8.68. The van der Waals surface area contributed by atoms with Crippen LogP contribution in [0.15, 0.2) is 18.2 Å². The molecule has 6 nitrogen and oxygen atoms in total. The van der Waals surface area contributed by atoms with Crippen molar-refractivity contribution in [3.05, 3.63) is 28.3 Å². The zero-order valence-electron chi connectivity index (χ0n) is 8.68. The van der Waals surface area contributed by atoms with Crippen LogP contribution in [0.25, 0.3) is 0 Å². The molecule has 2 rings (SSSR count). The van der Waals surface area contributed by atoms with Gasteiger partial charge in [-0.1, -0.05) is 0 Å². The molecular formula is C10H13N3O3. The summed E-state index contributed by atoms with van der Waals surface area (Å²) >= 11 is 0. The van der Waals surface area contributed by atoms with E-state index >= 15 is 0 Å². The van der Waals surface area contributed by atoms with Crippen LogP contribution in [-0.2, 0) is 4.74 Å². The molecule has 0 bridgehead atoms. The van der Waals surface area contributed by atoms with Crippen molar-refractivity contribution in [2.45, 2.75) is 12.5 Å². The van der Waals surface area contributed by atoms with Crippen molar-refractivity contribution >= 4 is 17.1 Å². The van der Waals surface area contributed by atoms with Crippen LogP contribution in [0, 0.1) is 10.1 Å². The van der Waals surface area contributed by atoms with Crippen LogP contribution in [0.3, 0.4) is 0 Å². The third-order valence-corrected chi connectivity index (χ3v) is 2.52. The molecule has 1 unspecified atom stereocenters. The lowest BCUT2D eigenvalue weighted by Gasteiger charge is -2.12. The van der Waals surface area contributed by atoms with E-state index in [1.165, 1.54) is 6.07 Å². The van der Waals surface area contributed by atoms with Gasteiger partial charge in [-0.2, -0.15) is 0 Å². The fourth-order valence-corrected chi connectivity index (χ4v) is 1.69. The summed E-state index contributed by atoms with van der Waals surface area (Å²) < 4.78 is 5.22. The average Bonchev–Trinajstić information content (AvgIpc) is 2.70. The van der Waals surface area contributed by atoms with Crippen LogP contribution in [0.1, 0.15) is 6.42 Å². The quantitative estimate of drug-likeness (QED) is 0.459. The maximum absolute atomic E-state index is 10.6. The number of nitrogens with zero attached hydrogens (tertiary/aromatic N) is 1. The smallest absolute Gasteiger partial charge is 0.292 e. The second kappa shape index (κ2) is 4.36. The summed E-state index contributed by atoms with van der Waals surface area (Å²) in [7, 11) is 0. The molecule has 3 N–H and O–H groups in total. The van der Waals surface area contributed by atoms with E-state index in [1.807, 2.05) is 0 Å². The third-order valence-electron chi connectivity index (χ3n) is 2.52. The number of nitrogens with two attached hydrogens (primary N) is 1. The van der Waals surface area contributed by atoms with Gasteiger partial charge in [0.15, 0.2) is 0 Å². The molecule has 16 heavy (non-hydrogen) atoms. The molecule has 0 aromatic heterocycles. The molecule has 0 saturated carbocycles. The van der Waals surface area contributed by atoms with Gasteiger partial charge in [0, 0.05) is 18.4 Å². The van der Waals surface area contributed by atoms with Crippen molar-refractivity contribution in [3.8, 4) is 0 Å². The summed E-state index contributed by atoms with van der Waals surface area (Å²) in [5.74, 6) is 0. The first-order valence-electron chi connectivity index (χ1n) is 5.05. The van der Waals surface area contributed by atoms with Crippen molar-refractivity contribution in [1.29, 1.82) is 0 Å². The summed E-state index contributed by atoms with van der Waals surface area (Å²) in [6.45, 7) is 1.41. The molecular weight excluding hydrogens is 210 g/mol. The van der Waals surface area contributed by atoms with E-state index in [1.54, 1.807) is 12.1 Å². The van der Waals surface area contributed by atoms with Crippen molar-refractivity contribution in [2.24, 2.45) is 0 Å². The van der Waals surface area contributed by atoms with Gasteiger partial charge >= 0.3 is 0 Å². The molecule has 1 atom stereocenters. The van der Waals surface area contributed by atoms with Crippen molar-refractivity contribution in [3.63, 3.8) is 0 Å². The number of nitro groups is 1. The number of anilines is 2. The van der Waals surface area contributed by atoms with Crippen molar-refractivity contribution in [1.82, 2.24) is 0 Å². The van der Waals surface area contributed by atoms with E-state index in [0.717, 1.165) is 18.7 Å². The number of hydrogen-bond donors (Lipinski definition) is 2. The Morgan fingerprint density at radius 3 is 2.94 bits per heavy atom. The summed E-state index contributed by atoms with van der Waals surface area (Å²) in [4.78, 5) is 10.1. The van der Waals surface area contributed by atoms with Gasteiger partial charge in [-0.05, 0) is 18.6 Å². The SMILES string of the molecule is Nc1cc(NC2CCOC2)ccc1[N+](=O)[O-]. The number of nitrogens with one attached hydrogen (secondary N) is 1. The number of hydrogen-bond acceptors (Lipinski definition) is 5. The molecule has 1 aromatic carbocycles. The third kappa shape index (κ3) is 2.22. The van der Waals surface area contributed by atoms with Crippen LogP contribution in [0.5, 0.6) is 0 Å². The lowest BCUT2D eigenvalue weighted by molar-refractivity contribution is -0.383. The highest BCUT2D eigenvalue weighted by molar-refractivity contribution is 5.66. The number of nitro benzene ring substituents is 1. The Morgan fingerprint density at radius 2 is 2.38 bits per heavy atom. The highest BCUT2D eigenvalue weighted by atomic mass is 16.6. The Balaban J connectivity index is 2.11. The number of benzene rings is 1. The monoisotopic (exact) mass is 223 g/mol. The highest BCUT2D eigenvalue weighted by Crippen LogP contribution is 2.25. The Morgan fingerprint density at radius 1 is 1.56 bits per heavy atom. The summed E-state index contributed by atoms with van der Waals surface area (Å²) in [6.07, 6.45) is 0.941. The average molecular weight is 223 g/mol. The second-order valence-corrected chi connectivity index (χ2v) is 3.74.